The summed E-state index contributed by atoms with van der Waals surface area (Å²) < 4.78 is 84.6. The molecule has 0 unspecified atom stereocenters. The Morgan fingerprint density at radius 2 is 1.63 bits per heavy atom. The lowest BCUT2D eigenvalue weighted by Gasteiger charge is -2.21. The normalized spacial score (nSPS) is 11.9. The van der Waals surface area contributed by atoms with E-state index in [4.69, 9.17) is 4.74 Å². The second-order valence-corrected chi connectivity index (χ2v) is 8.17. The first-order chi connectivity index (χ1) is 16.3. The minimum atomic E-state index is -4.99. The van der Waals surface area contributed by atoms with E-state index in [0.717, 1.165) is 4.90 Å². The van der Waals surface area contributed by atoms with Crippen LogP contribution >= 0.6 is 11.8 Å². The van der Waals surface area contributed by atoms with Gasteiger partial charge in [0.25, 0.3) is 5.91 Å². The number of amides is 1. The van der Waals surface area contributed by atoms with Gasteiger partial charge in [0.05, 0.1) is 29.5 Å². The number of hydrogen-bond donors (Lipinski definition) is 0. The van der Waals surface area contributed by atoms with E-state index in [0.29, 0.717) is 28.6 Å². The zero-order valence-electron chi connectivity index (χ0n) is 18.7. The maximum atomic E-state index is 13.3. The first-order valence-corrected chi connectivity index (χ1v) is 11.2. The van der Waals surface area contributed by atoms with Crippen LogP contribution in [-0.2, 0) is 18.9 Å². The van der Waals surface area contributed by atoms with Crippen LogP contribution in [0.5, 0.6) is 5.75 Å². The highest BCUT2D eigenvalue weighted by atomic mass is 32.2. The monoisotopic (exact) mass is 515 g/mol. The van der Waals surface area contributed by atoms with E-state index in [2.05, 4.69) is 9.97 Å². The van der Waals surface area contributed by atoms with Crippen molar-refractivity contribution in [3.05, 3.63) is 70.9 Å². The lowest BCUT2D eigenvalue weighted by molar-refractivity contribution is -0.143. The van der Waals surface area contributed by atoms with Crippen molar-refractivity contribution in [2.24, 2.45) is 0 Å². The number of thioether (sulfide) groups is 1. The van der Waals surface area contributed by atoms with E-state index < -0.39 is 35.9 Å². The van der Waals surface area contributed by atoms with Crippen LogP contribution < -0.4 is 4.74 Å². The molecule has 5 nitrogen and oxygen atoms in total. The van der Waals surface area contributed by atoms with Crippen molar-refractivity contribution in [1.82, 2.24) is 14.9 Å². The molecule has 0 radical (unpaired) electrons. The fraction of sp³-hybridized carbons (Fsp3) is 0.261. The van der Waals surface area contributed by atoms with E-state index in [-0.39, 0.29) is 22.9 Å². The summed E-state index contributed by atoms with van der Waals surface area (Å²) in [6, 6.07) is 7.98. The standard InChI is InChI=1S/C23H19F6N3O2S/c1-32(12-13-8-14(22(24,25)26)10-15(9-13)23(27,28)29)20(33)17-11-30-21(35-3)31-19(17)16-6-4-5-7-18(16)34-2/h4-11H,12H2,1-3H3. The maximum absolute atomic E-state index is 13.3. The number of halogens is 6. The molecule has 1 amide bonds. The van der Waals surface area contributed by atoms with Crippen molar-refractivity contribution in [1.29, 1.82) is 0 Å². The number of alkyl halides is 6. The molecular formula is C23H19F6N3O2S. The van der Waals surface area contributed by atoms with Gasteiger partial charge < -0.3 is 9.64 Å². The van der Waals surface area contributed by atoms with Crippen LogP contribution in [0.3, 0.4) is 0 Å². The summed E-state index contributed by atoms with van der Waals surface area (Å²) in [6.45, 7) is -0.512. The predicted octanol–water partition coefficient (Wildman–Crippen LogP) is 6.18. The van der Waals surface area contributed by atoms with Crippen molar-refractivity contribution < 1.29 is 35.9 Å². The van der Waals surface area contributed by atoms with Crippen LogP contribution in [0, 0.1) is 0 Å². The van der Waals surface area contributed by atoms with E-state index in [1.807, 2.05) is 0 Å². The minimum Gasteiger partial charge on any atom is -0.496 e. The number of para-hydroxylation sites is 1. The summed E-state index contributed by atoms with van der Waals surface area (Å²) in [5.41, 5.74) is -2.53. The molecule has 1 heterocycles. The second-order valence-electron chi connectivity index (χ2n) is 7.39. The van der Waals surface area contributed by atoms with Gasteiger partial charge in [0.2, 0.25) is 0 Å². The number of benzene rings is 2. The molecule has 0 atom stereocenters. The molecule has 0 saturated heterocycles. The molecule has 12 heteroatoms. The third kappa shape index (κ3) is 6.05. The fourth-order valence-corrected chi connectivity index (χ4v) is 3.67. The zero-order valence-corrected chi connectivity index (χ0v) is 19.5. The third-order valence-corrected chi connectivity index (χ3v) is 5.52. The Labute approximate surface area is 201 Å². The van der Waals surface area contributed by atoms with Gasteiger partial charge in [0.1, 0.15) is 5.75 Å². The molecule has 35 heavy (non-hydrogen) atoms. The maximum Gasteiger partial charge on any atom is 0.416 e. The van der Waals surface area contributed by atoms with Crippen LogP contribution in [-0.4, -0.2) is 41.2 Å². The molecule has 186 valence electrons. The number of nitrogens with zero attached hydrogens (tertiary/aromatic N) is 3. The van der Waals surface area contributed by atoms with Gasteiger partial charge in [0.15, 0.2) is 5.16 Å². The number of aromatic nitrogens is 2. The van der Waals surface area contributed by atoms with Crippen LogP contribution in [0.4, 0.5) is 26.3 Å². The second kappa shape index (κ2) is 10.1. The highest BCUT2D eigenvalue weighted by molar-refractivity contribution is 7.98. The number of carbonyl (C=O) groups is 1. The van der Waals surface area contributed by atoms with Crippen LogP contribution in [0.25, 0.3) is 11.3 Å². The average molecular weight is 515 g/mol. The van der Waals surface area contributed by atoms with Crippen molar-refractivity contribution in [2.45, 2.75) is 24.1 Å². The van der Waals surface area contributed by atoms with Gasteiger partial charge >= 0.3 is 12.4 Å². The molecule has 0 aliphatic heterocycles. The lowest BCUT2D eigenvalue weighted by atomic mass is 10.0. The molecule has 3 aromatic rings. The Balaban J connectivity index is 2.02. The van der Waals surface area contributed by atoms with Gasteiger partial charge in [-0.15, -0.1) is 0 Å². The fourth-order valence-electron chi connectivity index (χ4n) is 3.33. The van der Waals surface area contributed by atoms with Gasteiger partial charge in [-0.25, -0.2) is 9.97 Å². The highest BCUT2D eigenvalue weighted by Gasteiger charge is 2.37. The highest BCUT2D eigenvalue weighted by Crippen LogP contribution is 2.37. The van der Waals surface area contributed by atoms with Gasteiger partial charge in [-0.3, -0.25) is 4.79 Å². The molecule has 2 aromatic carbocycles. The number of rotatable bonds is 6. The molecule has 1 aromatic heterocycles. The summed E-state index contributed by atoms with van der Waals surface area (Å²) >= 11 is 1.23. The van der Waals surface area contributed by atoms with Crippen LogP contribution in [0.2, 0.25) is 0 Å². The molecule has 0 spiro atoms. The largest absolute Gasteiger partial charge is 0.496 e. The average Bonchev–Trinajstić information content (AvgIpc) is 2.81. The summed E-state index contributed by atoms with van der Waals surface area (Å²) in [5, 5.41) is 0.359. The summed E-state index contributed by atoms with van der Waals surface area (Å²) in [5.74, 6) is -0.271. The van der Waals surface area contributed by atoms with Crippen LogP contribution in [0.15, 0.2) is 53.8 Å². The minimum absolute atomic E-state index is 0.0119. The quantitative estimate of drug-likeness (QED) is 0.223. The summed E-state index contributed by atoms with van der Waals surface area (Å²) in [6.07, 6.45) is -6.97. The van der Waals surface area contributed by atoms with Crippen molar-refractivity contribution in [2.75, 3.05) is 20.4 Å². The molecule has 0 bridgehead atoms. The van der Waals surface area contributed by atoms with Crippen molar-refractivity contribution in [3.63, 3.8) is 0 Å². The first kappa shape index (κ1) is 26.3. The Morgan fingerprint density at radius 3 is 2.17 bits per heavy atom. The van der Waals surface area contributed by atoms with E-state index in [1.165, 1.54) is 32.1 Å². The molecule has 0 aliphatic carbocycles. The molecular weight excluding hydrogens is 496 g/mol. The Kier molecular flexibility index (Phi) is 7.63. The van der Waals surface area contributed by atoms with Crippen molar-refractivity contribution >= 4 is 17.7 Å². The van der Waals surface area contributed by atoms with E-state index >= 15 is 0 Å². The molecule has 0 aliphatic rings. The van der Waals surface area contributed by atoms with Gasteiger partial charge in [-0.1, -0.05) is 23.9 Å². The molecule has 3 rings (SSSR count). The smallest absolute Gasteiger partial charge is 0.416 e. The Morgan fingerprint density at radius 1 is 1.03 bits per heavy atom. The number of ether oxygens (including phenoxy) is 1. The van der Waals surface area contributed by atoms with Gasteiger partial charge in [-0.05, 0) is 42.2 Å². The first-order valence-electron chi connectivity index (χ1n) is 9.93. The van der Waals surface area contributed by atoms with E-state index in [9.17, 15) is 31.1 Å². The number of hydrogen-bond acceptors (Lipinski definition) is 5. The summed E-state index contributed by atoms with van der Waals surface area (Å²) in [4.78, 5) is 22.8. The van der Waals surface area contributed by atoms with Gasteiger partial charge in [-0.2, -0.15) is 26.3 Å². The molecule has 0 fully saturated rings. The van der Waals surface area contributed by atoms with Gasteiger partial charge in [0, 0.05) is 25.4 Å². The lowest BCUT2D eigenvalue weighted by Crippen LogP contribution is -2.27. The third-order valence-electron chi connectivity index (χ3n) is 4.96. The number of carbonyl (C=O) groups excluding carboxylic acids is 1. The molecule has 0 N–H and O–H groups in total. The predicted molar refractivity (Wildman–Crippen MR) is 118 cm³/mol. The van der Waals surface area contributed by atoms with E-state index in [1.54, 1.807) is 30.5 Å². The molecule has 0 saturated carbocycles. The summed E-state index contributed by atoms with van der Waals surface area (Å²) in [7, 11) is 2.71. The Bertz CT molecular complexity index is 1200. The Hall–Kier alpha value is -3.28. The topological polar surface area (TPSA) is 55.3 Å². The van der Waals surface area contributed by atoms with Crippen molar-refractivity contribution in [3.8, 4) is 17.0 Å². The SMILES string of the molecule is COc1ccccc1-c1nc(SC)ncc1C(=O)N(C)Cc1cc(C(F)(F)F)cc(C(F)(F)F)c1. The zero-order chi connectivity index (χ0) is 26.0. The number of methoxy groups -OCH3 is 1. The van der Waals surface area contributed by atoms with Crippen LogP contribution in [0.1, 0.15) is 27.0 Å².